The first-order valence-corrected chi connectivity index (χ1v) is 5.20. The Hall–Kier alpha value is -1.84. The van der Waals surface area contributed by atoms with Crippen LogP contribution in [0, 0.1) is 0 Å². The van der Waals surface area contributed by atoms with Crippen LogP contribution in [0.4, 0.5) is 4.79 Å². The minimum Gasteiger partial charge on any atom is -0.335 e. The standard InChI is InChI=1S/C12H14N2O2/c1-12(2)8-13-11(16)14(12)10(15)9-6-4-3-5-7-9/h3-7H,8H2,1-2H3,(H,13,16). The van der Waals surface area contributed by atoms with Gasteiger partial charge in [-0.1, -0.05) is 18.2 Å². The molecule has 1 aromatic carbocycles. The Bertz CT molecular complexity index is 426. The number of hydrogen-bond acceptors (Lipinski definition) is 2. The lowest BCUT2D eigenvalue weighted by Gasteiger charge is -2.27. The van der Waals surface area contributed by atoms with Crippen LogP contribution in [0.25, 0.3) is 0 Å². The molecule has 1 N–H and O–H groups in total. The summed E-state index contributed by atoms with van der Waals surface area (Å²) in [5.74, 6) is -0.249. The van der Waals surface area contributed by atoms with Crippen LogP contribution >= 0.6 is 0 Å². The fraction of sp³-hybridized carbons (Fsp3) is 0.333. The Morgan fingerprint density at radius 1 is 1.31 bits per heavy atom. The highest BCUT2D eigenvalue weighted by molar-refractivity contribution is 6.05. The Kier molecular flexibility index (Phi) is 2.42. The molecule has 1 aliphatic heterocycles. The summed E-state index contributed by atoms with van der Waals surface area (Å²) < 4.78 is 0. The molecule has 1 fully saturated rings. The zero-order valence-corrected chi connectivity index (χ0v) is 9.36. The van der Waals surface area contributed by atoms with Gasteiger partial charge in [0.25, 0.3) is 5.91 Å². The maximum absolute atomic E-state index is 12.1. The van der Waals surface area contributed by atoms with Crippen molar-refractivity contribution in [3.05, 3.63) is 35.9 Å². The van der Waals surface area contributed by atoms with Gasteiger partial charge in [-0.15, -0.1) is 0 Å². The number of carbonyl (C=O) groups is 2. The molecule has 1 saturated heterocycles. The van der Waals surface area contributed by atoms with Gasteiger partial charge in [-0.25, -0.2) is 4.79 Å². The van der Waals surface area contributed by atoms with Crippen LogP contribution in [0.15, 0.2) is 30.3 Å². The van der Waals surface area contributed by atoms with Crippen LogP contribution in [0.5, 0.6) is 0 Å². The molecule has 84 valence electrons. The van der Waals surface area contributed by atoms with E-state index in [4.69, 9.17) is 0 Å². The number of urea groups is 1. The van der Waals surface area contributed by atoms with E-state index in [9.17, 15) is 9.59 Å². The van der Waals surface area contributed by atoms with Crippen LogP contribution < -0.4 is 5.32 Å². The van der Waals surface area contributed by atoms with Crippen LogP contribution in [-0.4, -0.2) is 28.9 Å². The van der Waals surface area contributed by atoms with E-state index < -0.39 is 5.54 Å². The van der Waals surface area contributed by atoms with Crippen molar-refractivity contribution in [2.24, 2.45) is 0 Å². The van der Waals surface area contributed by atoms with Crippen LogP contribution in [0.3, 0.4) is 0 Å². The second-order valence-corrected chi connectivity index (χ2v) is 4.48. The summed E-state index contributed by atoms with van der Waals surface area (Å²) >= 11 is 0. The quantitative estimate of drug-likeness (QED) is 0.778. The van der Waals surface area contributed by atoms with E-state index in [1.54, 1.807) is 24.3 Å². The molecule has 1 aliphatic rings. The van der Waals surface area contributed by atoms with Gasteiger partial charge in [-0.2, -0.15) is 0 Å². The number of carbonyl (C=O) groups excluding carboxylic acids is 2. The molecule has 0 atom stereocenters. The molecular formula is C12H14N2O2. The molecule has 1 heterocycles. The van der Waals surface area contributed by atoms with Crippen LogP contribution in [0.1, 0.15) is 24.2 Å². The second-order valence-electron chi connectivity index (χ2n) is 4.48. The zero-order chi connectivity index (χ0) is 11.8. The van der Waals surface area contributed by atoms with Gasteiger partial charge in [-0.3, -0.25) is 9.69 Å². The lowest BCUT2D eigenvalue weighted by molar-refractivity contribution is 0.0723. The number of imide groups is 1. The van der Waals surface area contributed by atoms with E-state index in [0.29, 0.717) is 12.1 Å². The van der Waals surface area contributed by atoms with Crippen molar-refractivity contribution in [1.29, 1.82) is 0 Å². The Morgan fingerprint density at radius 3 is 2.44 bits per heavy atom. The molecule has 0 saturated carbocycles. The molecule has 16 heavy (non-hydrogen) atoms. The topological polar surface area (TPSA) is 49.4 Å². The molecule has 0 bridgehead atoms. The average molecular weight is 218 g/mol. The van der Waals surface area contributed by atoms with Crippen molar-refractivity contribution < 1.29 is 9.59 Å². The smallest absolute Gasteiger partial charge is 0.325 e. The number of nitrogens with zero attached hydrogens (tertiary/aromatic N) is 1. The summed E-state index contributed by atoms with van der Waals surface area (Å²) in [6.07, 6.45) is 0. The summed E-state index contributed by atoms with van der Waals surface area (Å²) in [5, 5.41) is 2.68. The Labute approximate surface area is 94.2 Å². The molecule has 0 spiro atoms. The predicted octanol–water partition coefficient (Wildman–Crippen LogP) is 1.63. The zero-order valence-electron chi connectivity index (χ0n) is 9.36. The summed E-state index contributed by atoms with van der Waals surface area (Å²) in [6.45, 7) is 4.22. The first-order valence-electron chi connectivity index (χ1n) is 5.20. The van der Waals surface area contributed by atoms with Crippen molar-refractivity contribution in [2.45, 2.75) is 19.4 Å². The summed E-state index contributed by atoms with van der Waals surface area (Å²) in [4.78, 5) is 25.0. The SMILES string of the molecule is CC1(C)CNC(=O)N1C(=O)c1ccccc1. The number of hydrogen-bond donors (Lipinski definition) is 1. The van der Waals surface area contributed by atoms with E-state index in [2.05, 4.69) is 5.32 Å². The fourth-order valence-electron chi connectivity index (χ4n) is 1.80. The van der Waals surface area contributed by atoms with Crippen molar-refractivity contribution >= 4 is 11.9 Å². The van der Waals surface area contributed by atoms with Crippen molar-refractivity contribution in [1.82, 2.24) is 10.2 Å². The molecule has 0 radical (unpaired) electrons. The highest BCUT2D eigenvalue weighted by Gasteiger charge is 2.42. The number of amides is 3. The van der Waals surface area contributed by atoms with Gasteiger partial charge in [0, 0.05) is 12.1 Å². The van der Waals surface area contributed by atoms with E-state index in [1.165, 1.54) is 4.90 Å². The highest BCUT2D eigenvalue weighted by Crippen LogP contribution is 2.21. The van der Waals surface area contributed by atoms with E-state index in [0.717, 1.165) is 0 Å². The maximum Gasteiger partial charge on any atom is 0.325 e. The number of nitrogens with one attached hydrogen (secondary N) is 1. The first kappa shape index (κ1) is 10.7. The Morgan fingerprint density at radius 2 is 1.94 bits per heavy atom. The van der Waals surface area contributed by atoms with Gasteiger partial charge in [0.15, 0.2) is 0 Å². The number of benzene rings is 1. The van der Waals surface area contributed by atoms with Gasteiger partial charge < -0.3 is 5.32 Å². The monoisotopic (exact) mass is 218 g/mol. The Balaban J connectivity index is 2.32. The van der Waals surface area contributed by atoms with Crippen molar-refractivity contribution in [3.63, 3.8) is 0 Å². The first-order chi connectivity index (χ1) is 7.52. The van der Waals surface area contributed by atoms with E-state index >= 15 is 0 Å². The lowest BCUT2D eigenvalue weighted by Crippen LogP contribution is -2.46. The summed E-state index contributed by atoms with van der Waals surface area (Å²) in [6, 6.07) is 8.52. The normalized spacial score (nSPS) is 18.4. The molecule has 2 rings (SSSR count). The third-order valence-electron chi connectivity index (χ3n) is 2.70. The van der Waals surface area contributed by atoms with Gasteiger partial charge in [0.2, 0.25) is 0 Å². The van der Waals surface area contributed by atoms with Crippen LogP contribution in [0.2, 0.25) is 0 Å². The molecular weight excluding hydrogens is 204 g/mol. The predicted molar refractivity (Wildman–Crippen MR) is 60.1 cm³/mol. The largest absolute Gasteiger partial charge is 0.335 e. The third kappa shape index (κ3) is 1.66. The third-order valence-corrected chi connectivity index (χ3v) is 2.70. The van der Waals surface area contributed by atoms with Gasteiger partial charge in [0.05, 0.1) is 5.54 Å². The average Bonchev–Trinajstić information content (AvgIpc) is 2.53. The molecule has 0 aromatic heterocycles. The van der Waals surface area contributed by atoms with E-state index in [1.807, 2.05) is 19.9 Å². The fourth-order valence-corrected chi connectivity index (χ4v) is 1.80. The number of rotatable bonds is 1. The molecule has 3 amide bonds. The lowest BCUT2D eigenvalue weighted by atomic mass is 10.0. The summed E-state index contributed by atoms with van der Waals surface area (Å²) in [7, 11) is 0. The summed E-state index contributed by atoms with van der Waals surface area (Å²) in [5.41, 5.74) is 0.0666. The second kappa shape index (κ2) is 3.63. The van der Waals surface area contributed by atoms with Crippen molar-refractivity contribution in [3.8, 4) is 0 Å². The molecule has 0 aliphatic carbocycles. The minimum atomic E-state index is -0.468. The van der Waals surface area contributed by atoms with Crippen molar-refractivity contribution in [2.75, 3.05) is 6.54 Å². The maximum atomic E-state index is 12.1. The molecule has 0 unspecified atom stereocenters. The minimum absolute atomic E-state index is 0.249. The van der Waals surface area contributed by atoms with Gasteiger partial charge in [-0.05, 0) is 26.0 Å². The van der Waals surface area contributed by atoms with E-state index in [-0.39, 0.29) is 11.9 Å². The highest BCUT2D eigenvalue weighted by atomic mass is 16.2. The molecule has 4 heteroatoms. The van der Waals surface area contributed by atoms with Gasteiger partial charge >= 0.3 is 6.03 Å². The molecule has 1 aromatic rings. The molecule has 4 nitrogen and oxygen atoms in total. The van der Waals surface area contributed by atoms with Gasteiger partial charge in [0.1, 0.15) is 0 Å². The van der Waals surface area contributed by atoms with Crippen LogP contribution in [-0.2, 0) is 0 Å².